The van der Waals surface area contributed by atoms with E-state index >= 15 is 0 Å². The van der Waals surface area contributed by atoms with Gasteiger partial charge in [-0.15, -0.1) is 0 Å². The van der Waals surface area contributed by atoms with E-state index in [4.69, 9.17) is 14.2 Å². The van der Waals surface area contributed by atoms with Crippen molar-refractivity contribution in [2.24, 2.45) is 0 Å². The van der Waals surface area contributed by atoms with Crippen LogP contribution in [0.2, 0.25) is 0 Å². The Labute approximate surface area is 148 Å². The topological polar surface area (TPSA) is 58.8 Å². The molecule has 2 aromatic rings. The molecular formula is C19H27N3O3. The van der Waals surface area contributed by atoms with Crippen molar-refractivity contribution in [1.82, 2.24) is 15.2 Å². The minimum atomic E-state index is 0.371. The summed E-state index contributed by atoms with van der Waals surface area (Å²) in [7, 11) is 3.37. The van der Waals surface area contributed by atoms with E-state index in [9.17, 15) is 0 Å². The number of benzene rings is 1. The SMILES string of the molecule is COc1cc2[nH]c3c(c2cc1OC)CCN[C@@H]3CCN1CCOCC1. The molecule has 3 heterocycles. The molecule has 0 saturated carbocycles. The van der Waals surface area contributed by atoms with E-state index in [1.54, 1.807) is 14.2 Å². The first-order chi connectivity index (χ1) is 12.3. The first-order valence-electron chi connectivity index (χ1n) is 9.10. The molecule has 0 amide bonds. The van der Waals surface area contributed by atoms with Crippen LogP contribution in [0.15, 0.2) is 12.1 Å². The molecule has 0 radical (unpaired) electrons. The third-order valence-electron chi connectivity index (χ3n) is 5.40. The van der Waals surface area contributed by atoms with E-state index < -0.39 is 0 Å². The number of hydrogen-bond acceptors (Lipinski definition) is 5. The molecule has 1 aromatic heterocycles. The number of morpholine rings is 1. The van der Waals surface area contributed by atoms with Gasteiger partial charge in [-0.25, -0.2) is 0 Å². The van der Waals surface area contributed by atoms with Gasteiger partial charge in [-0.2, -0.15) is 0 Å². The number of nitrogens with zero attached hydrogens (tertiary/aromatic N) is 1. The summed E-state index contributed by atoms with van der Waals surface area (Å²) in [6.45, 7) is 5.91. The monoisotopic (exact) mass is 345 g/mol. The highest BCUT2D eigenvalue weighted by Crippen LogP contribution is 2.38. The lowest BCUT2D eigenvalue weighted by molar-refractivity contribution is 0.0360. The first kappa shape index (κ1) is 16.7. The Morgan fingerprint density at radius 1 is 1.16 bits per heavy atom. The van der Waals surface area contributed by atoms with Crippen LogP contribution in [-0.4, -0.2) is 63.5 Å². The normalized spacial score (nSPS) is 21.3. The standard InChI is InChI=1S/C19H27N3O3/c1-23-17-11-14-13-3-5-20-15(4-6-22-7-9-25-10-8-22)19(13)21-16(14)12-18(17)24-2/h11-12,15,20-21H,3-10H2,1-2H3/t15-/m1/s1. The van der Waals surface area contributed by atoms with Crippen molar-refractivity contribution in [3.05, 3.63) is 23.4 Å². The van der Waals surface area contributed by atoms with Gasteiger partial charge >= 0.3 is 0 Å². The molecule has 0 aliphatic carbocycles. The molecule has 1 atom stereocenters. The maximum atomic E-state index is 5.49. The molecule has 0 spiro atoms. The predicted molar refractivity (Wildman–Crippen MR) is 97.7 cm³/mol. The zero-order chi connectivity index (χ0) is 17.2. The van der Waals surface area contributed by atoms with Crippen LogP contribution in [0, 0.1) is 0 Å². The minimum absolute atomic E-state index is 0.371. The van der Waals surface area contributed by atoms with Crippen LogP contribution in [0.1, 0.15) is 23.7 Å². The Bertz CT molecular complexity index is 737. The summed E-state index contributed by atoms with van der Waals surface area (Å²) in [5, 5.41) is 4.94. The van der Waals surface area contributed by atoms with Gasteiger partial charge in [-0.05, 0) is 31.0 Å². The second kappa shape index (κ2) is 7.23. The van der Waals surface area contributed by atoms with Gasteiger partial charge in [0.2, 0.25) is 0 Å². The zero-order valence-corrected chi connectivity index (χ0v) is 15.1. The molecule has 2 aliphatic heterocycles. The molecule has 0 unspecified atom stereocenters. The predicted octanol–water partition coefficient (Wildman–Crippen LogP) is 2.09. The van der Waals surface area contributed by atoms with Crippen LogP contribution in [0.5, 0.6) is 11.5 Å². The highest BCUT2D eigenvalue weighted by molar-refractivity contribution is 5.88. The highest BCUT2D eigenvalue weighted by Gasteiger charge is 2.25. The first-order valence-corrected chi connectivity index (χ1v) is 9.10. The van der Waals surface area contributed by atoms with Crippen molar-refractivity contribution in [1.29, 1.82) is 0 Å². The maximum absolute atomic E-state index is 5.49. The molecule has 1 aromatic carbocycles. The van der Waals surface area contributed by atoms with Gasteiger partial charge in [0.25, 0.3) is 0 Å². The lowest BCUT2D eigenvalue weighted by atomic mass is 9.97. The van der Waals surface area contributed by atoms with Crippen molar-refractivity contribution >= 4 is 10.9 Å². The highest BCUT2D eigenvalue weighted by atomic mass is 16.5. The molecular weight excluding hydrogens is 318 g/mol. The smallest absolute Gasteiger partial charge is 0.162 e. The number of methoxy groups -OCH3 is 2. The lowest BCUT2D eigenvalue weighted by Gasteiger charge is -2.30. The molecule has 1 fully saturated rings. The van der Waals surface area contributed by atoms with Crippen molar-refractivity contribution < 1.29 is 14.2 Å². The number of ether oxygens (including phenoxy) is 3. The van der Waals surface area contributed by atoms with Gasteiger partial charge < -0.3 is 24.5 Å². The van der Waals surface area contributed by atoms with E-state index in [2.05, 4.69) is 21.3 Å². The van der Waals surface area contributed by atoms with Crippen LogP contribution >= 0.6 is 0 Å². The molecule has 1 saturated heterocycles. The average Bonchev–Trinajstić information content (AvgIpc) is 3.04. The van der Waals surface area contributed by atoms with E-state index in [1.165, 1.54) is 16.6 Å². The van der Waals surface area contributed by atoms with Crippen LogP contribution in [-0.2, 0) is 11.2 Å². The summed E-state index contributed by atoms with van der Waals surface area (Å²) in [6, 6.07) is 4.52. The Hall–Kier alpha value is -1.76. The number of hydrogen-bond donors (Lipinski definition) is 2. The fraction of sp³-hybridized carbons (Fsp3) is 0.579. The van der Waals surface area contributed by atoms with Crippen molar-refractivity contribution in [3.63, 3.8) is 0 Å². The second-order valence-electron chi connectivity index (χ2n) is 6.77. The molecule has 6 heteroatoms. The molecule has 2 aliphatic rings. The average molecular weight is 345 g/mol. The molecule has 2 N–H and O–H groups in total. The van der Waals surface area contributed by atoms with E-state index in [0.29, 0.717) is 6.04 Å². The van der Waals surface area contributed by atoms with Crippen LogP contribution in [0.3, 0.4) is 0 Å². The van der Waals surface area contributed by atoms with Gasteiger partial charge in [0, 0.05) is 48.3 Å². The second-order valence-corrected chi connectivity index (χ2v) is 6.77. The maximum Gasteiger partial charge on any atom is 0.162 e. The summed E-state index contributed by atoms with van der Waals surface area (Å²) in [5.41, 5.74) is 3.87. The Balaban J connectivity index is 1.59. The molecule has 4 rings (SSSR count). The van der Waals surface area contributed by atoms with Crippen LogP contribution in [0.4, 0.5) is 0 Å². The Morgan fingerprint density at radius 2 is 1.92 bits per heavy atom. The van der Waals surface area contributed by atoms with E-state index in [-0.39, 0.29) is 0 Å². The Morgan fingerprint density at radius 3 is 2.68 bits per heavy atom. The fourth-order valence-electron chi connectivity index (χ4n) is 4.02. The number of rotatable bonds is 5. The summed E-state index contributed by atoms with van der Waals surface area (Å²) < 4.78 is 16.4. The largest absolute Gasteiger partial charge is 0.493 e. The van der Waals surface area contributed by atoms with Crippen LogP contribution in [0.25, 0.3) is 10.9 Å². The van der Waals surface area contributed by atoms with Gasteiger partial charge in [0.15, 0.2) is 11.5 Å². The number of nitrogens with one attached hydrogen (secondary N) is 2. The quantitative estimate of drug-likeness (QED) is 0.869. The molecule has 0 bridgehead atoms. The minimum Gasteiger partial charge on any atom is -0.493 e. The number of aromatic nitrogens is 1. The fourth-order valence-corrected chi connectivity index (χ4v) is 4.02. The van der Waals surface area contributed by atoms with E-state index in [0.717, 1.165) is 69.3 Å². The Kier molecular flexibility index (Phi) is 4.83. The van der Waals surface area contributed by atoms with Gasteiger partial charge in [-0.3, -0.25) is 4.90 Å². The molecule has 6 nitrogen and oxygen atoms in total. The van der Waals surface area contributed by atoms with Crippen molar-refractivity contribution in [2.75, 3.05) is 53.6 Å². The molecule has 136 valence electrons. The van der Waals surface area contributed by atoms with Gasteiger partial charge in [0.05, 0.1) is 27.4 Å². The lowest BCUT2D eigenvalue weighted by Crippen LogP contribution is -2.39. The van der Waals surface area contributed by atoms with Crippen molar-refractivity contribution in [3.8, 4) is 11.5 Å². The summed E-state index contributed by atoms with van der Waals surface area (Å²) in [5.74, 6) is 1.56. The zero-order valence-electron chi connectivity index (χ0n) is 15.1. The number of aromatic amines is 1. The number of fused-ring (bicyclic) bond motifs is 3. The van der Waals surface area contributed by atoms with Crippen molar-refractivity contribution in [2.45, 2.75) is 18.9 Å². The molecule has 25 heavy (non-hydrogen) atoms. The van der Waals surface area contributed by atoms with E-state index in [1.807, 2.05) is 6.07 Å². The van der Waals surface area contributed by atoms with Gasteiger partial charge in [0.1, 0.15) is 0 Å². The summed E-state index contributed by atoms with van der Waals surface area (Å²) in [6.07, 6.45) is 2.15. The summed E-state index contributed by atoms with van der Waals surface area (Å²) >= 11 is 0. The third-order valence-corrected chi connectivity index (χ3v) is 5.40. The number of H-pyrrole nitrogens is 1. The van der Waals surface area contributed by atoms with Gasteiger partial charge in [-0.1, -0.05) is 0 Å². The third kappa shape index (κ3) is 3.21. The summed E-state index contributed by atoms with van der Waals surface area (Å²) in [4.78, 5) is 6.13. The van der Waals surface area contributed by atoms with Crippen LogP contribution < -0.4 is 14.8 Å².